The van der Waals surface area contributed by atoms with E-state index in [0.29, 0.717) is 18.5 Å². The lowest BCUT2D eigenvalue weighted by molar-refractivity contribution is -0.931. The molecule has 0 aliphatic carbocycles. The lowest BCUT2D eigenvalue weighted by Gasteiger charge is -2.44. The van der Waals surface area contributed by atoms with Crippen LogP contribution in [0.15, 0.2) is 30.3 Å². The number of quaternary nitrogens is 1. The van der Waals surface area contributed by atoms with Crippen LogP contribution in [0.2, 0.25) is 0 Å². The van der Waals surface area contributed by atoms with Crippen LogP contribution in [0, 0.1) is 0 Å². The van der Waals surface area contributed by atoms with Crippen molar-refractivity contribution >= 4 is 5.97 Å². The van der Waals surface area contributed by atoms with Gasteiger partial charge in [0, 0.05) is 25.7 Å². The highest BCUT2D eigenvalue weighted by molar-refractivity contribution is 5.83. The van der Waals surface area contributed by atoms with Gasteiger partial charge in [-0.05, 0) is 12.0 Å². The third-order valence-corrected chi connectivity index (χ3v) is 6.65. The van der Waals surface area contributed by atoms with E-state index in [0.717, 1.165) is 22.9 Å². The first-order chi connectivity index (χ1) is 11.4. The Balaban J connectivity index is 0.00000225. The second kappa shape index (κ2) is 7.92. The van der Waals surface area contributed by atoms with Crippen molar-refractivity contribution in [2.75, 3.05) is 20.7 Å². The maximum Gasteiger partial charge on any atom is 0.319 e. The van der Waals surface area contributed by atoms with Crippen molar-refractivity contribution in [2.45, 2.75) is 62.6 Å². The Labute approximate surface area is 168 Å². The molecule has 4 nitrogen and oxygen atoms in total. The highest BCUT2D eigenvalue weighted by Crippen LogP contribution is 2.41. The van der Waals surface area contributed by atoms with Gasteiger partial charge in [0.25, 0.3) is 0 Å². The molecule has 2 fully saturated rings. The summed E-state index contributed by atoms with van der Waals surface area (Å²) in [6.07, 6.45) is 4.85. The van der Waals surface area contributed by atoms with Crippen LogP contribution in [-0.2, 0) is 14.9 Å². The number of halogens is 1. The number of fused-ring (bicyclic) bond motifs is 2. The minimum atomic E-state index is -0.942. The van der Waals surface area contributed by atoms with Crippen LogP contribution >= 0.6 is 0 Å². The summed E-state index contributed by atoms with van der Waals surface area (Å²) in [6, 6.07) is 10.7. The lowest BCUT2D eigenvalue weighted by Crippen LogP contribution is -3.00. The Kier molecular flexibility index (Phi) is 6.55. The molecule has 1 aromatic rings. The molecule has 3 unspecified atom stereocenters. The molecule has 2 aliphatic heterocycles. The fourth-order valence-corrected chi connectivity index (χ4v) is 4.68. The zero-order chi connectivity index (χ0) is 17.4. The van der Waals surface area contributed by atoms with Crippen LogP contribution in [-0.4, -0.2) is 54.4 Å². The van der Waals surface area contributed by atoms with Gasteiger partial charge in [-0.2, -0.15) is 0 Å². The summed E-state index contributed by atoms with van der Waals surface area (Å²) >= 11 is 0. The van der Waals surface area contributed by atoms with Crippen molar-refractivity contribution in [3.63, 3.8) is 0 Å². The summed E-state index contributed by atoms with van der Waals surface area (Å²) in [4.78, 5) is 13.0. The SMILES string of the molecule is CCC(CO)(C(=O)OC1CC2CCC(C1)[N+]2(C)C)c1ccccc1.[I-]. The van der Waals surface area contributed by atoms with Crippen LogP contribution in [0.3, 0.4) is 0 Å². The monoisotopic (exact) mass is 459 g/mol. The van der Waals surface area contributed by atoms with Crippen molar-refractivity contribution in [1.29, 1.82) is 0 Å². The zero-order valence-corrected chi connectivity index (χ0v) is 17.6. The normalized spacial score (nSPS) is 29.4. The quantitative estimate of drug-likeness (QED) is 0.372. The van der Waals surface area contributed by atoms with E-state index in [2.05, 4.69) is 14.1 Å². The number of carbonyl (C=O) groups is 1. The first-order valence-electron chi connectivity index (χ1n) is 9.15. The topological polar surface area (TPSA) is 46.5 Å². The van der Waals surface area contributed by atoms with E-state index in [-0.39, 0.29) is 42.7 Å². The predicted octanol–water partition coefficient (Wildman–Crippen LogP) is -0.356. The molecular formula is C20H30INO3. The number of carbonyl (C=O) groups excluding carboxylic acids is 1. The van der Waals surface area contributed by atoms with Crippen LogP contribution in [0.1, 0.15) is 44.6 Å². The van der Waals surface area contributed by atoms with E-state index >= 15 is 0 Å². The van der Waals surface area contributed by atoms with Gasteiger partial charge in [0.1, 0.15) is 11.5 Å². The average Bonchev–Trinajstić information content (AvgIpc) is 2.76. The molecule has 25 heavy (non-hydrogen) atoms. The molecule has 140 valence electrons. The van der Waals surface area contributed by atoms with Gasteiger partial charge in [-0.25, -0.2) is 0 Å². The summed E-state index contributed by atoms with van der Waals surface area (Å²) in [5.41, 5.74) is -0.0998. The number of rotatable bonds is 5. The molecule has 2 bridgehead atoms. The molecule has 0 saturated carbocycles. The molecule has 0 amide bonds. The van der Waals surface area contributed by atoms with Crippen LogP contribution in [0.4, 0.5) is 0 Å². The van der Waals surface area contributed by atoms with Gasteiger partial charge in [-0.1, -0.05) is 37.3 Å². The maximum atomic E-state index is 13.0. The second-order valence-corrected chi connectivity index (χ2v) is 7.97. The summed E-state index contributed by atoms with van der Waals surface area (Å²) in [6.45, 7) is 1.72. The zero-order valence-electron chi connectivity index (χ0n) is 15.5. The molecule has 0 spiro atoms. The summed E-state index contributed by atoms with van der Waals surface area (Å²) in [7, 11) is 4.60. The van der Waals surface area contributed by atoms with E-state index in [1.807, 2.05) is 37.3 Å². The standard InChI is InChI=1S/C20H30NO3.HI/c1-4-20(14-22,15-8-6-5-7-9-15)19(23)24-18-12-16-10-11-17(13-18)21(16,2)3;/h5-9,16-18,22H,4,10-14H2,1-3H3;1H/q+1;/p-1. The van der Waals surface area contributed by atoms with Crippen molar-refractivity contribution in [3.8, 4) is 0 Å². The number of ether oxygens (including phenoxy) is 1. The number of esters is 1. The van der Waals surface area contributed by atoms with Crippen molar-refractivity contribution in [2.24, 2.45) is 0 Å². The van der Waals surface area contributed by atoms with Crippen LogP contribution in [0.25, 0.3) is 0 Å². The fourth-order valence-electron chi connectivity index (χ4n) is 4.68. The molecule has 1 aromatic carbocycles. The van der Waals surface area contributed by atoms with Crippen molar-refractivity contribution in [1.82, 2.24) is 0 Å². The molecule has 2 aliphatic rings. The molecule has 2 saturated heterocycles. The molecule has 0 radical (unpaired) electrons. The minimum Gasteiger partial charge on any atom is -1.00 e. The highest BCUT2D eigenvalue weighted by atomic mass is 127. The van der Waals surface area contributed by atoms with Gasteiger partial charge < -0.3 is 38.3 Å². The van der Waals surface area contributed by atoms with Gasteiger partial charge >= 0.3 is 5.97 Å². The van der Waals surface area contributed by atoms with Crippen molar-refractivity contribution < 1.29 is 43.1 Å². The Morgan fingerprint density at radius 1 is 1.20 bits per heavy atom. The van der Waals surface area contributed by atoms with E-state index in [1.54, 1.807) is 0 Å². The van der Waals surface area contributed by atoms with E-state index in [9.17, 15) is 9.90 Å². The summed E-state index contributed by atoms with van der Waals surface area (Å²) < 4.78 is 7.02. The molecule has 0 aromatic heterocycles. The van der Waals surface area contributed by atoms with Gasteiger partial charge in [0.2, 0.25) is 0 Å². The Bertz CT molecular complexity index is 570. The molecule has 3 atom stereocenters. The Hall–Kier alpha value is -0.660. The largest absolute Gasteiger partial charge is 1.00 e. The minimum absolute atomic E-state index is 0. The van der Waals surface area contributed by atoms with Gasteiger partial charge in [0.15, 0.2) is 0 Å². The maximum absolute atomic E-state index is 13.0. The number of aliphatic hydroxyl groups is 1. The van der Waals surface area contributed by atoms with Crippen LogP contribution in [0.5, 0.6) is 0 Å². The number of nitrogens with zero attached hydrogens (tertiary/aromatic N) is 1. The smallest absolute Gasteiger partial charge is 0.319 e. The molecule has 1 N–H and O–H groups in total. The first kappa shape index (κ1) is 20.6. The van der Waals surface area contributed by atoms with Gasteiger partial charge in [-0.3, -0.25) is 4.79 Å². The number of hydrogen-bond donors (Lipinski definition) is 1. The van der Waals surface area contributed by atoms with E-state index in [4.69, 9.17) is 4.74 Å². The van der Waals surface area contributed by atoms with Gasteiger partial charge in [-0.15, -0.1) is 0 Å². The predicted molar refractivity (Wildman–Crippen MR) is 93.5 cm³/mol. The molecular weight excluding hydrogens is 429 g/mol. The van der Waals surface area contributed by atoms with E-state index < -0.39 is 5.41 Å². The van der Waals surface area contributed by atoms with Gasteiger partial charge in [0.05, 0.1) is 32.8 Å². The number of hydrogen-bond acceptors (Lipinski definition) is 3. The molecule has 3 rings (SSSR count). The third-order valence-electron chi connectivity index (χ3n) is 6.65. The average molecular weight is 459 g/mol. The number of benzene rings is 1. The lowest BCUT2D eigenvalue weighted by atomic mass is 9.78. The van der Waals surface area contributed by atoms with E-state index in [1.165, 1.54) is 12.8 Å². The Morgan fingerprint density at radius 2 is 1.76 bits per heavy atom. The summed E-state index contributed by atoms with van der Waals surface area (Å²) in [5, 5.41) is 10.0. The molecule has 5 heteroatoms. The Morgan fingerprint density at radius 3 is 2.24 bits per heavy atom. The fraction of sp³-hybridized carbons (Fsp3) is 0.650. The number of piperidine rings is 1. The first-order valence-corrected chi connectivity index (χ1v) is 9.15. The summed E-state index contributed by atoms with van der Waals surface area (Å²) in [5.74, 6) is -0.268. The second-order valence-electron chi connectivity index (χ2n) is 7.97. The van der Waals surface area contributed by atoms with Crippen molar-refractivity contribution in [3.05, 3.63) is 35.9 Å². The van der Waals surface area contributed by atoms with Crippen LogP contribution < -0.4 is 24.0 Å². The highest BCUT2D eigenvalue weighted by Gasteiger charge is 2.51. The number of aliphatic hydroxyl groups excluding tert-OH is 1. The third kappa shape index (κ3) is 3.60. The molecule has 2 heterocycles.